The normalized spacial score (nSPS) is 11.1. The molecule has 1 nitrogen and oxygen atoms in total. The fourth-order valence-corrected chi connectivity index (χ4v) is 2.45. The minimum absolute atomic E-state index is 0.536. The van der Waals surface area contributed by atoms with Gasteiger partial charge in [-0.2, -0.15) is 0 Å². The zero-order valence-corrected chi connectivity index (χ0v) is 11.7. The van der Waals surface area contributed by atoms with Gasteiger partial charge in [0.25, 0.3) is 0 Å². The summed E-state index contributed by atoms with van der Waals surface area (Å²) in [7, 11) is 0. The predicted octanol–water partition coefficient (Wildman–Crippen LogP) is 5.08. The first-order valence-corrected chi connectivity index (χ1v) is 6.99. The second-order valence-corrected chi connectivity index (χ2v) is 5.15. The van der Waals surface area contributed by atoms with Crippen LogP contribution in [0.4, 0.5) is 0 Å². The molecule has 18 heavy (non-hydrogen) atoms. The summed E-state index contributed by atoms with van der Waals surface area (Å²) in [6, 6.07) is 13.5. The van der Waals surface area contributed by atoms with E-state index >= 15 is 0 Å². The third-order valence-corrected chi connectivity index (χ3v) is 3.43. The lowest BCUT2D eigenvalue weighted by molar-refractivity contribution is 0.569. The number of unbranched alkanes of at least 4 members (excludes halogenated alkanes) is 1. The number of hydrogen-bond acceptors (Lipinski definition) is 0. The van der Waals surface area contributed by atoms with E-state index in [1.54, 1.807) is 0 Å². The third kappa shape index (κ3) is 2.66. The molecule has 0 aliphatic carbocycles. The summed E-state index contributed by atoms with van der Waals surface area (Å²) in [5.74, 6) is 0. The fourth-order valence-electron chi connectivity index (χ4n) is 2.45. The van der Waals surface area contributed by atoms with E-state index in [0.717, 1.165) is 0 Å². The zero-order chi connectivity index (χ0) is 13.0. The molecule has 96 valence electrons. The van der Waals surface area contributed by atoms with E-state index < -0.39 is 0 Å². The lowest BCUT2D eigenvalue weighted by Gasteiger charge is -2.14. The Balaban J connectivity index is 2.41. The van der Waals surface area contributed by atoms with Gasteiger partial charge in [-0.1, -0.05) is 43.7 Å². The first-order valence-electron chi connectivity index (χ1n) is 6.99. The van der Waals surface area contributed by atoms with Gasteiger partial charge in [-0.15, -0.1) is 0 Å². The summed E-state index contributed by atoms with van der Waals surface area (Å²) >= 11 is 0. The largest absolute Gasteiger partial charge is 0.348 e. The van der Waals surface area contributed by atoms with E-state index in [1.807, 2.05) is 0 Å². The summed E-state index contributed by atoms with van der Waals surface area (Å²) < 4.78 is 2.41. The van der Waals surface area contributed by atoms with Crippen molar-refractivity contribution >= 4 is 0 Å². The number of aromatic nitrogens is 1. The van der Waals surface area contributed by atoms with Crippen LogP contribution in [-0.4, -0.2) is 4.57 Å². The smallest absolute Gasteiger partial charge is 0.0277 e. The van der Waals surface area contributed by atoms with Gasteiger partial charge in [0.05, 0.1) is 0 Å². The van der Waals surface area contributed by atoms with Gasteiger partial charge in [0.1, 0.15) is 0 Å². The lowest BCUT2D eigenvalue weighted by Crippen LogP contribution is -2.05. The molecule has 2 rings (SSSR count). The van der Waals surface area contributed by atoms with E-state index in [9.17, 15) is 0 Å². The molecule has 2 aromatic rings. The number of rotatable bonds is 5. The Hall–Kier alpha value is -1.50. The van der Waals surface area contributed by atoms with Crippen LogP contribution in [0.25, 0.3) is 11.1 Å². The molecule has 0 N–H and O–H groups in total. The Morgan fingerprint density at radius 1 is 1.06 bits per heavy atom. The molecule has 1 heteroatoms. The van der Waals surface area contributed by atoms with Crippen molar-refractivity contribution in [1.82, 2.24) is 4.57 Å². The molecule has 1 heterocycles. The Morgan fingerprint density at radius 3 is 2.39 bits per heavy atom. The van der Waals surface area contributed by atoms with E-state index in [1.165, 1.54) is 36.1 Å². The van der Waals surface area contributed by atoms with Crippen molar-refractivity contribution in [2.24, 2.45) is 0 Å². The standard InChI is InChI=1S/C17H23N/c1-4-5-11-17-16(12-13-18(17)14(2)3)15-9-7-6-8-10-15/h6-10,12-14H,4-5,11H2,1-3H3. The molecule has 0 radical (unpaired) electrons. The van der Waals surface area contributed by atoms with Gasteiger partial charge in [0, 0.05) is 23.5 Å². The highest BCUT2D eigenvalue weighted by molar-refractivity contribution is 5.66. The highest BCUT2D eigenvalue weighted by Gasteiger charge is 2.11. The first kappa shape index (κ1) is 12.9. The van der Waals surface area contributed by atoms with Crippen molar-refractivity contribution in [2.75, 3.05) is 0 Å². The van der Waals surface area contributed by atoms with Crippen LogP contribution in [0.5, 0.6) is 0 Å². The lowest BCUT2D eigenvalue weighted by atomic mass is 10.0. The molecule has 0 spiro atoms. The fraction of sp³-hybridized carbons (Fsp3) is 0.412. The van der Waals surface area contributed by atoms with Gasteiger partial charge < -0.3 is 4.57 Å². The van der Waals surface area contributed by atoms with Gasteiger partial charge in [-0.05, 0) is 38.3 Å². The SMILES string of the molecule is CCCCc1c(-c2ccccc2)ccn1C(C)C. The van der Waals surface area contributed by atoms with Crippen LogP contribution in [-0.2, 0) is 6.42 Å². The second-order valence-electron chi connectivity index (χ2n) is 5.15. The molecule has 0 fully saturated rings. The van der Waals surface area contributed by atoms with Gasteiger partial charge in [0.2, 0.25) is 0 Å². The molecular formula is C17H23N. The summed E-state index contributed by atoms with van der Waals surface area (Å²) in [6.45, 7) is 6.76. The van der Waals surface area contributed by atoms with Gasteiger partial charge in [-0.25, -0.2) is 0 Å². The van der Waals surface area contributed by atoms with Crippen molar-refractivity contribution in [3.05, 3.63) is 48.3 Å². The summed E-state index contributed by atoms with van der Waals surface area (Å²) in [5.41, 5.74) is 4.22. The number of hydrogen-bond donors (Lipinski definition) is 0. The molecule has 0 aliphatic heterocycles. The van der Waals surface area contributed by atoms with Crippen LogP contribution >= 0.6 is 0 Å². The third-order valence-electron chi connectivity index (χ3n) is 3.43. The highest BCUT2D eigenvalue weighted by atomic mass is 15.0. The molecule has 0 bridgehead atoms. The average molecular weight is 241 g/mol. The van der Waals surface area contributed by atoms with Crippen LogP contribution < -0.4 is 0 Å². The van der Waals surface area contributed by atoms with Crippen LogP contribution in [0.1, 0.15) is 45.3 Å². The van der Waals surface area contributed by atoms with E-state index in [-0.39, 0.29) is 0 Å². The molecule has 1 aromatic heterocycles. The molecule has 0 atom stereocenters. The van der Waals surface area contributed by atoms with Gasteiger partial charge >= 0.3 is 0 Å². The van der Waals surface area contributed by atoms with Crippen molar-refractivity contribution in [3.63, 3.8) is 0 Å². The zero-order valence-electron chi connectivity index (χ0n) is 11.7. The maximum absolute atomic E-state index is 2.41. The monoisotopic (exact) mass is 241 g/mol. The molecule has 1 aromatic carbocycles. The number of nitrogens with zero attached hydrogens (tertiary/aromatic N) is 1. The van der Waals surface area contributed by atoms with Crippen LogP contribution in [0.3, 0.4) is 0 Å². The highest BCUT2D eigenvalue weighted by Crippen LogP contribution is 2.28. The van der Waals surface area contributed by atoms with Crippen molar-refractivity contribution in [2.45, 2.75) is 46.1 Å². The summed E-state index contributed by atoms with van der Waals surface area (Å²) in [4.78, 5) is 0. The summed E-state index contributed by atoms with van der Waals surface area (Å²) in [5, 5.41) is 0. The molecular weight excluding hydrogens is 218 g/mol. The van der Waals surface area contributed by atoms with Crippen LogP contribution in [0.2, 0.25) is 0 Å². The maximum atomic E-state index is 2.41. The quantitative estimate of drug-likeness (QED) is 0.688. The van der Waals surface area contributed by atoms with Gasteiger partial charge in [0.15, 0.2) is 0 Å². The van der Waals surface area contributed by atoms with E-state index in [0.29, 0.717) is 6.04 Å². The van der Waals surface area contributed by atoms with E-state index in [2.05, 4.69) is 67.9 Å². The van der Waals surface area contributed by atoms with Gasteiger partial charge in [-0.3, -0.25) is 0 Å². The minimum atomic E-state index is 0.536. The molecule has 0 saturated carbocycles. The van der Waals surface area contributed by atoms with E-state index in [4.69, 9.17) is 0 Å². The topological polar surface area (TPSA) is 4.93 Å². The van der Waals surface area contributed by atoms with Crippen LogP contribution in [0, 0.1) is 0 Å². The predicted molar refractivity (Wildman–Crippen MR) is 78.9 cm³/mol. The maximum Gasteiger partial charge on any atom is 0.0277 e. The Bertz CT molecular complexity index is 480. The molecule has 0 saturated heterocycles. The van der Waals surface area contributed by atoms with Crippen molar-refractivity contribution in [1.29, 1.82) is 0 Å². The molecule has 0 amide bonds. The Kier molecular flexibility index (Phi) is 4.24. The van der Waals surface area contributed by atoms with Crippen LogP contribution in [0.15, 0.2) is 42.6 Å². The second kappa shape index (κ2) is 5.90. The Morgan fingerprint density at radius 2 is 1.78 bits per heavy atom. The van der Waals surface area contributed by atoms with Crippen molar-refractivity contribution < 1.29 is 0 Å². The Labute approximate surface area is 110 Å². The average Bonchev–Trinajstić information content (AvgIpc) is 2.81. The van der Waals surface area contributed by atoms with Crippen molar-refractivity contribution in [3.8, 4) is 11.1 Å². The summed E-state index contributed by atoms with van der Waals surface area (Å²) in [6.07, 6.45) is 5.91. The molecule has 0 aliphatic rings. The first-order chi connectivity index (χ1) is 8.74. The molecule has 0 unspecified atom stereocenters. The minimum Gasteiger partial charge on any atom is -0.348 e. The number of benzene rings is 1.